The van der Waals surface area contributed by atoms with Gasteiger partial charge in [-0.3, -0.25) is 14.4 Å². The fourth-order valence-electron chi connectivity index (χ4n) is 4.11. The average Bonchev–Trinajstić information content (AvgIpc) is 3.15. The second-order valence-electron chi connectivity index (χ2n) is 6.84. The molecule has 1 saturated carbocycles. The molecule has 1 saturated heterocycles. The molecular formula is C20H25NO6. The van der Waals surface area contributed by atoms with E-state index in [4.69, 9.17) is 14.2 Å². The Balaban J connectivity index is 1.92. The summed E-state index contributed by atoms with van der Waals surface area (Å²) in [6.07, 6.45) is 2.32. The number of esters is 1. The first kappa shape index (κ1) is 19.2. The van der Waals surface area contributed by atoms with Gasteiger partial charge in [0.25, 0.3) is 0 Å². The molecule has 3 rings (SSSR count). The highest BCUT2D eigenvalue weighted by Gasteiger charge is 2.53. The monoisotopic (exact) mass is 375 g/mol. The predicted octanol–water partition coefficient (Wildman–Crippen LogP) is 1.96. The Bertz CT molecular complexity index is 746. The molecule has 1 heterocycles. The number of hydrogen-bond acceptors (Lipinski definition) is 6. The van der Waals surface area contributed by atoms with E-state index in [1.54, 1.807) is 38.2 Å². The summed E-state index contributed by atoms with van der Waals surface area (Å²) in [6, 6.07) is 5.21. The Kier molecular flexibility index (Phi) is 5.68. The quantitative estimate of drug-likeness (QED) is 0.558. The van der Waals surface area contributed by atoms with Crippen molar-refractivity contribution >= 4 is 17.7 Å². The van der Waals surface area contributed by atoms with Crippen molar-refractivity contribution < 1.29 is 28.6 Å². The molecular weight excluding hydrogens is 350 g/mol. The van der Waals surface area contributed by atoms with E-state index in [2.05, 4.69) is 0 Å². The fourth-order valence-corrected chi connectivity index (χ4v) is 4.11. The summed E-state index contributed by atoms with van der Waals surface area (Å²) in [7, 11) is 3.13. The number of nitrogens with zero attached hydrogens (tertiary/aromatic N) is 1. The Hall–Kier alpha value is -2.57. The molecule has 2 fully saturated rings. The average molecular weight is 375 g/mol. The first-order valence-corrected chi connectivity index (χ1v) is 9.23. The largest absolute Gasteiger partial charge is 0.497 e. The van der Waals surface area contributed by atoms with Crippen LogP contribution in [0, 0.1) is 11.8 Å². The van der Waals surface area contributed by atoms with Gasteiger partial charge in [0.1, 0.15) is 11.5 Å². The van der Waals surface area contributed by atoms with E-state index in [1.165, 1.54) is 0 Å². The van der Waals surface area contributed by atoms with Gasteiger partial charge in [-0.25, -0.2) is 0 Å². The minimum absolute atomic E-state index is 0.135. The number of ketones is 1. The topological polar surface area (TPSA) is 82.1 Å². The summed E-state index contributed by atoms with van der Waals surface area (Å²) in [5.74, 6) is -1.92. The lowest BCUT2D eigenvalue weighted by Gasteiger charge is -2.39. The normalized spacial score (nSPS) is 24.6. The maximum Gasteiger partial charge on any atom is 0.326 e. The van der Waals surface area contributed by atoms with Gasteiger partial charge in [-0.1, -0.05) is 6.42 Å². The molecule has 0 aromatic heterocycles. The maximum absolute atomic E-state index is 13.1. The molecule has 1 aliphatic carbocycles. The fraction of sp³-hybridized carbons (Fsp3) is 0.550. The summed E-state index contributed by atoms with van der Waals surface area (Å²) in [6.45, 7) is 2.07. The zero-order valence-corrected chi connectivity index (χ0v) is 15.9. The molecule has 1 aromatic carbocycles. The van der Waals surface area contributed by atoms with E-state index >= 15 is 0 Å². The summed E-state index contributed by atoms with van der Waals surface area (Å²) in [4.78, 5) is 39.7. The van der Waals surface area contributed by atoms with Crippen LogP contribution < -0.4 is 9.47 Å². The molecule has 7 nitrogen and oxygen atoms in total. The Morgan fingerprint density at radius 1 is 1.19 bits per heavy atom. The van der Waals surface area contributed by atoms with Crippen LogP contribution in [-0.4, -0.2) is 49.4 Å². The lowest BCUT2D eigenvalue weighted by Crippen LogP contribution is -2.57. The maximum atomic E-state index is 13.1. The van der Waals surface area contributed by atoms with Crippen LogP contribution >= 0.6 is 0 Å². The summed E-state index contributed by atoms with van der Waals surface area (Å²) in [5, 5.41) is 0. The van der Waals surface area contributed by atoms with Crippen molar-refractivity contribution in [1.82, 2.24) is 4.90 Å². The molecule has 1 amide bonds. The number of benzene rings is 1. The Labute approximate surface area is 158 Å². The summed E-state index contributed by atoms with van der Waals surface area (Å²) < 4.78 is 15.6. The molecule has 1 aromatic rings. The van der Waals surface area contributed by atoms with Crippen LogP contribution in [0.25, 0.3) is 0 Å². The van der Waals surface area contributed by atoms with Crippen molar-refractivity contribution in [2.75, 3.05) is 20.8 Å². The van der Waals surface area contributed by atoms with E-state index in [0.29, 0.717) is 17.9 Å². The molecule has 0 bridgehead atoms. The number of ether oxygens (including phenoxy) is 3. The number of methoxy groups -OCH3 is 2. The zero-order chi connectivity index (χ0) is 19.6. The van der Waals surface area contributed by atoms with Gasteiger partial charge >= 0.3 is 5.97 Å². The van der Waals surface area contributed by atoms with E-state index < -0.39 is 17.8 Å². The van der Waals surface area contributed by atoms with Crippen molar-refractivity contribution in [3.8, 4) is 11.5 Å². The van der Waals surface area contributed by atoms with E-state index in [-0.39, 0.29) is 30.9 Å². The number of fused-ring (bicyclic) bond motifs is 1. The summed E-state index contributed by atoms with van der Waals surface area (Å²) >= 11 is 0. The first-order chi connectivity index (χ1) is 13.0. The number of piperidine rings is 1. The molecule has 146 valence electrons. The highest BCUT2D eigenvalue weighted by Crippen LogP contribution is 2.39. The minimum atomic E-state index is -1.35. The van der Waals surface area contributed by atoms with Crippen molar-refractivity contribution in [2.24, 2.45) is 11.8 Å². The van der Waals surface area contributed by atoms with Gasteiger partial charge in [-0.05, 0) is 31.9 Å². The van der Waals surface area contributed by atoms with Gasteiger partial charge < -0.3 is 19.1 Å². The molecule has 0 spiro atoms. The molecule has 1 aliphatic heterocycles. The lowest BCUT2D eigenvalue weighted by molar-refractivity contribution is -0.165. The van der Waals surface area contributed by atoms with Crippen LogP contribution in [0.4, 0.5) is 0 Å². The third kappa shape index (κ3) is 3.50. The van der Waals surface area contributed by atoms with Crippen molar-refractivity contribution in [2.45, 2.75) is 38.8 Å². The van der Waals surface area contributed by atoms with Gasteiger partial charge in [-0.2, -0.15) is 0 Å². The van der Waals surface area contributed by atoms with Gasteiger partial charge in [-0.15, -0.1) is 0 Å². The number of rotatable bonds is 6. The molecule has 2 aliphatic rings. The first-order valence-electron chi connectivity index (χ1n) is 9.23. The van der Waals surface area contributed by atoms with Gasteiger partial charge in [0, 0.05) is 30.1 Å². The highest BCUT2D eigenvalue weighted by molar-refractivity contribution is 6.19. The molecule has 0 N–H and O–H groups in total. The molecule has 3 atom stereocenters. The van der Waals surface area contributed by atoms with Gasteiger partial charge in [0.2, 0.25) is 5.91 Å². The zero-order valence-electron chi connectivity index (χ0n) is 15.9. The number of carbonyl (C=O) groups is 3. The third-order valence-corrected chi connectivity index (χ3v) is 5.42. The van der Waals surface area contributed by atoms with Crippen LogP contribution in [-0.2, 0) is 25.7 Å². The van der Waals surface area contributed by atoms with Crippen LogP contribution in [0.5, 0.6) is 11.5 Å². The van der Waals surface area contributed by atoms with E-state index in [0.717, 1.165) is 18.4 Å². The third-order valence-electron chi connectivity index (χ3n) is 5.42. The van der Waals surface area contributed by atoms with Crippen molar-refractivity contribution in [3.05, 3.63) is 23.8 Å². The predicted molar refractivity (Wildman–Crippen MR) is 96.4 cm³/mol. The standard InChI is InChI=1S/C20H25NO6/c1-4-27-20(24)17-18(22)14-6-5-7-15(14)21(19(17)23)11-12-8-9-13(25-2)10-16(12)26-3/h8-10,14-15,17H,4-7,11H2,1-3H3/t14-,15+,17?/m0/s1. The van der Waals surface area contributed by atoms with Crippen molar-refractivity contribution in [1.29, 1.82) is 0 Å². The van der Waals surface area contributed by atoms with Crippen molar-refractivity contribution in [3.63, 3.8) is 0 Å². The number of amides is 1. The lowest BCUT2D eigenvalue weighted by atomic mass is 9.82. The minimum Gasteiger partial charge on any atom is -0.497 e. The van der Waals surface area contributed by atoms with Gasteiger partial charge in [0.15, 0.2) is 11.7 Å². The van der Waals surface area contributed by atoms with Crippen LogP contribution in [0.3, 0.4) is 0 Å². The summed E-state index contributed by atoms with van der Waals surface area (Å²) in [5.41, 5.74) is 0.800. The smallest absolute Gasteiger partial charge is 0.326 e. The molecule has 1 unspecified atom stereocenters. The number of hydrogen-bond donors (Lipinski definition) is 0. The Morgan fingerprint density at radius 3 is 2.63 bits per heavy atom. The van der Waals surface area contributed by atoms with E-state index in [1.807, 2.05) is 6.07 Å². The molecule has 27 heavy (non-hydrogen) atoms. The van der Waals surface area contributed by atoms with Crippen LogP contribution in [0.1, 0.15) is 31.7 Å². The SMILES string of the molecule is CCOC(=O)C1C(=O)[C@H]2CCC[C@H]2N(Cc2ccc(OC)cc2OC)C1=O. The van der Waals surface area contributed by atoms with E-state index in [9.17, 15) is 14.4 Å². The Morgan fingerprint density at radius 2 is 1.96 bits per heavy atom. The molecule has 0 radical (unpaired) electrons. The number of likely N-dealkylation sites (tertiary alicyclic amines) is 1. The van der Waals surface area contributed by atoms with Crippen LogP contribution in [0.15, 0.2) is 18.2 Å². The molecule has 7 heteroatoms. The number of Topliss-reactive ketones (excluding diaryl/α,β-unsaturated/α-hetero) is 1. The second kappa shape index (κ2) is 7.98. The van der Waals surface area contributed by atoms with Gasteiger partial charge in [0.05, 0.1) is 20.8 Å². The second-order valence-corrected chi connectivity index (χ2v) is 6.84. The van der Waals surface area contributed by atoms with Crippen LogP contribution in [0.2, 0.25) is 0 Å². The number of carbonyl (C=O) groups excluding carboxylic acids is 3. The highest BCUT2D eigenvalue weighted by atomic mass is 16.5.